The Morgan fingerprint density at radius 1 is 0.462 bits per heavy atom. The van der Waals surface area contributed by atoms with Crippen molar-refractivity contribution in [2.45, 2.75) is 0 Å². The molecule has 5 aromatic carbocycles. The fourth-order valence-electron chi connectivity index (χ4n) is 4.51. The van der Waals surface area contributed by atoms with Gasteiger partial charge in [0.2, 0.25) is 0 Å². The molecule has 6 aromatic rings. The van der Waals surface area contributed by atoms with E-state index in [4.69, 9.17) is 31.8 Å². The average Bonchev–Trinajstić information content (AvgIpc) is 3.02. The third-order valence-corrected chi connectivity index (χ3v) is 6.80. The van der Waals surface area contributed by atoms with Gasteiger partial charge in [-0.1, -0.05) is 115 Å². The topological polar surface area (TPSA) is 62.5 Å². The summed E-state index contributed by atoms with van der Waals surface area (Å²) in [7, 11) is 0. The average molecular weight is 521 g/mol. The first-order valence-electron chi connectivity index (χ1n) is 12.5. The summed E-state index contributed by atoms with van der Waals surface area (Å²) in [6.07, 6.45) is 0. The maximum absolute atomic E-state index is 9.16. The highest BCUT2D eigenvalue weighted by Crippen LogP contribution is 2.36. The lowest BCUT2D eigenvalue weighted by Crippen LogP contribution is -2.01. The molecule has 0 bridgehead atoms. The lowest BCUT2D eigenvalue weighted by molar-refractivity contribution is 1.07. The van der Waals surface area contributed by atoms with Crippen LogP contribution in [0.25, 0.3) is 56.4 Å². The Morgan fingerprint density at radius 2 is 1.03 bits per heavy atom. The van der Waals surface area contributed by atoms with Gasteiger partial charge in [0.05, 0.1) is 11.6 Å². The van der Waals surface area contributed by atoms with Crippen LogP contribution in [0.3, 0.4) is 0 Å². The molecule has 184 valence electrons. The molecule has 0 spiro atoms. The molecular formula is C34H21ClN4. The van der Waals surface area contributed by atoms with E-state index >= 15 is 0 Å². The second-order valence-corrected chi connectivity index (χ2v) is 9.37. The minimum absolute atomic E-state index is 0.568. The summed E-state index contributed by atoms with van der Waals surface area (Å²) in [6.45, 7) is 0. The number of benzene rings is 5. The van der Waals surface area contributed by atoms with Crippen molar-refractivity contribution in [3.63, 3.8) is 0 Å². The quantitative estimate of drug-likeness (QED) is 0.228. The van der Waals surface area contributed by atoms with Crippen LogP contribution in [0.4, 0.5) is 0 Å². The largest absolute Gasteiger partial charge is 0.208 e. The molecule has 0 aliphatic rings. The Labute approximate surface area is 231 Å². The van der Waals surface area contributed by atoms with Crippen molar-refractivity contribution in [3.05, 3.63) is 138 Å². The summed E-state index contributed by atoms with van der Waals surface area (Å²) in [5.41, 5.74) is 7.16. The zero-order valence-corrected chi connectivity index (χ0v) is 21.5. The van der Waals surface area contributed by atoms with E-state index in [1.165, 1.54) is 0 Å². The molecule has 0 atom stereocenters. The first kappa shape index (κ1) is 24.2. The molecule has 4 nitrogen and oxygen atoms in total. The zero-order valence-electron chi connectivity index (χ0n) is 20.8. The van der Waals surface area contributed by atoms with Crippen molar-refractivity contribution >= 4 is 11.6 Å². The number of aromatic nitrogens is 3. The molecule has 0 amide bonds. The Hall–Kier alpha value is -5.11. The highest BCUT2D eigenvalue weighted by Gasteiger charge is 2.16. The highest BCUT2D eigenvalue weighted by atomic mass is 35.5. The lowest BCUT2D eigenvalue weighted by atomic mass is 9.99. The van der Waals surface area contributed by atoms with E-state index in [1.54, 1.807) is 0 Å². The standard InChI is InChI=1S/C34H21ClN4/c35-31-16-7-6-14-29(31)28-13-4-5-15-30(28)34-38-32(25-9-2-1-3-10-25)37-33(39-34)27-12-8-11-26(21-27)24-19-17-23(22-36)18-20-24/h1-21H. The van der Waals surface area contributed by atoms with Crippen LogP contribution in [0, 0.1) is 11.3 Å². The minimum Gasteiger partial charge on any atom is -0.208 e. The Balaban J connectivity index is 1.53. The summed E-state index contributed by atoms with van der Waals surface area (Å²) in [4.78, 5) is 14.8. The predicted molar refractivity (Wildman–Crippen MR) is 157 cm³/mol. The molecule has 0 aliphatic carbocycles. The molecule has 0 saturated carbocycles. The van der Waals surface area contributed by atoms with Crippen molar-refractivity contribution in [2.24, 2.45) is 0 Å². The van der Waals surface area contributed by atoms with Crippen molar-refractivity contribution in [1.82, 2.24) is 15.0 Å². The number of rotatable bonds is 5. The fraction of sp³-hybridized carbons (Fsp3) is 0. The van der Waals surface area contributed by atoms with Crippen molar-refractivity contribution in [3.8, 4) is 62.5 Å². The van der Waals surface area contributed by atoms with E-state index in [0.29, 0.717) is 28.1 Å². The van der Waals surface area contributed by atoms with Crippen LogP contribution in [0.1, 0.15) is 5.56 Å². The Bertz CT molecular complexity index is 1820. The van der Waals surface area contributed by atoms with Crippen molar-refractivity contribution in [1.29, 1.82) is 5.26 Å². The molecule has 0 N–H and O–H groups in total. The van der Waals surface area contributed by atoms with E-state index in [2.05, 4.69) is 12.1 Å². The number of hydrogen-bond donors (Lipinski definition) is 0. The maximum atomic E-state index is 9.16. The van der Waals surface area contributed by atoms with Gasteiger partial charge in [0.25, 0.3) is 0 Å². The van der Waals surface area contributed by atoms with Crippen LogP contribution in [-0.4, -0.2) is 15.0 Å². The second kappa shape index (κ2) is 10.7. The molecule has 5 heteroatoms. The molecule has 0 saturated heterocycles. The first-order valence-corrected chi connectivity index (χ1v) is 12.8. The van der Waals surface area contributed by atoms with Crippen molar-refractivity contribution in [2.75, 3.05) is 0 Å². The molecule has 0 aliphatic heterocycles. The lowest BCUT2D eigenvalue weighted by Gasteiger charge is -2.13. The summed E-state index contributed by atoms with van der Waals surface area (Å²) in [5.74, 6) is 1.73. The summed E-state index contributed by atoms with van der Waals surface area (Å²) in [5, 5.41) is 9.82. The van der Waals surface area contributed by atoms with Gasteiger partial charge in [-0.2, -0.15) is 5.26 Å². The number of hydrogen-bond acceptors (Lipinski definition) is 4. The molecule has 1 aromatic heterocycles. The summed E-state index contributed by atoms with van der Waals surface area (Å²) >= 11 is 6.60. The molecule has 0 fully saturated rings. The van der Waals surface area contributed by atoms with Crippen LogP contribution >= 0.6 is 11.6 Å². The molecule has 0 radical (unpaired) electrons. The van der Waals surface area contributed by atoms with Crippen LogP contribution < -0.4 is 0 Å². The number of nitriles is 1. The first-order chi connectivity index (χ1) is 19.2. The normalized spacial score (nSPS) is 10.7. The zero-order chi connectivity index (χ0) is 26.6. The maximum Gasteiger partial charge on any atom is 0.164 e. The van der Waals surface area contributed by atoms with Crippen LogP contribution in [0.5, 0.6) is 0 Å². The molecule has 0 unspecified atom stereocenters. The van der Waals surface area contributed by atoms with Gasteiger partial charge >= 0.3 is 0 Å². The smallest absolute Gasteiger partial charge is 0.164 e. The van der Waals surface area contributed by atoms with E-state index in [1.807, 2.05) is 121 Å². The molecular weight excluding hydrogens is 500 g/mol. The Morgan fingerprint density at radius 3 is 1.74 bits per heavy atom. The molecule has 39 heavy (non-hydrogen) atoms. The monoisotopic (exact) mass is 520 g/mol. The Kier molecular flexibility index (Phi) is 6.66. The van der Waals surface area contributed by atoms with E-state index in [0.717, 1.165) is 38.9 Å². The van der Waals surface area contributed by atoms with Gasteiger partial charge in [-0.15, -0.1) is 0 Å². The fourth-order valence-corrected chi connectivity index (χ4v) is 4.75. The van der Waals surface area contributed by atoms with Gasteiger partial charge in [-0.05, 0) is 41.0 Å². The van der Waals surface area contributed by atoms with Gasteiger partial charge < -0.3 is 0 Å². The molecule has 6 rings (SSSR count). The third-order valence-electron chi connectivity index (χ3n) is 6.47. The van der Waals surface area contributed by atoms with Gasteiger partial charge in [-0.25, -0.2) is 15.0 Å². The SMILES string of the molecule is N#Cc1ccc(-c2cccc(-c3nc(-c4ccccc4)nc(-c4ccccc4-c4ccccc4Cl)n3)c2)cc1. The van der Waals surface area contributed by atoms with E-state index < -0.39 is 0 Å². The van der Waals surface area contributed by atoms with Crippen molar-refractivity contribution < 1.29 is 0 Å². The minimum atomic E-state index is 0.568. The van der Waals surface area contributed by atoms with Gasteiger partial charge in [0.15, 0.2) is 17.5 Å². The van der Waals surface area contributed by atoms with E-state index in [9.17, 15) is 0 Å². The summed E-state index contributed by atoms with van der Waals surface area (Å²) in [6, 6.07) is 43.5. The van der Waals surface area contributed by atoms with Crippen LogP contribution in [0.2, 0.25) is 5.02 Å². The van der Waals surface area contributed by atoms with Gasteiger partial charge in [0.1, 0.15) is 0 Å². The van der Waals surface area contributed by atoms with Gasteiger partial charge in [0, 0.05) is 27.3 Å². The molecule has 1 heterocycles. The number of halogens is 1. The van der Waals surface area contributed by atoms with E-state index in [-0.39, 0.29) is 0 Å². The van der Waals surface area contributed by atoms with Gasteiger partial charge in [-0.3, -0.25) is 0 Å². The highest BCUT2D eigenvalue weighted by molar-refractivity contribution is 6.33. The van der Waals surface area contributed by atoms with Crippen LogP contribution in [0.15, 0.2) is 127 Å². The summed E-state index contributed by atoms with van der Waals surface area (Å²) < 4.78 is 0. The number of nitrogens with zero attached hydrogens (tertiary/aromatic N) is 4. The second-order valence-electron chi connectivity index (χ2n) is 8.97. The van der Waals surface area contributed by atoms with Crippen LogP contribution in [-0.2, 0) is 0 Å². The third kappa shape index (κ3) is 5.04. The predicted octanol–water partition coefficient (Wildman–Crippen LogP) is 8.73.